The normalized spacial score (nSPS) is 14.3. The summed E-state index contributed by atoms with van der Waals surface area (Å²) in [5, 5.41) is 2.90. The van der Waals surface area contributed by atoms with E-state index in [9.17, 15) is 14.0 Å². The highest BCUT2D eigenvalue weighted by molar-refractivity contribution is 6.33. The molecule has 5 nitrogen and oxygen atoms in total. The molecule has 0 radical (unpaired) electrons. The van der Waals surface area contributed by atoms with Gasteiger partial charge in [0.15, 0.2) is 0 Å². The van der Waals surface area contributed by atoms with Gasteiger partial charge in [-0.3, -0.25) is 4.79 Å². The summed E-state index contributed by atoms with van der Waals surface area (Å²) in [6, 6.07) is 13.1. The summed E-state index contributed by atoms with van der Waals surface area (Å²) in [5.74, 6) is -1.09. The molecule has 0 bridgehead atoms. The Morgan fingerprint density at radius 2 is 1.56 bits per heavy atom. The fourth-order valence-corrected chi connectivity index (χ4v) is 2.94. The predicted molar refractivity (Wildman–Crippen MR) is 94.3 cm³/mol. The average Bonchev–Trinajstić information content (AvgIpc) is 2.62. The predicted octanol–water partition coefficient (Wildman–Crippen LogP) is 3.47. The second-order valence-corrected chi connectivity index (χ2v) is 6.08. The number of carbonyl (C=O) groups excluding carboxylic acids is 2. The van der Waals surface area contributed by atoms with E-state index >= 15 is 0 Å². The maximum Gasteiger partial charge on any atom is 0.321 e. The van der Waals surface area contributed by atoms with Crippen molar-refractivity contribution >= 4 is 29.2 Å². The third-order valence-corrected chi connectivity index (χ3v) is 4.37. The van der Waals surface area contributed by atoms with Crippen LogP contribution in [0.25, 0.3) is 0 Å². The smallest absolute Gasteiger partial charge is 0.321 e. The van der Waals surface area contributed by atoms with Gasteiger partial charge < -0.3 is 15.1 Å². The number of nitrogens with zero attached hydrogens (tertiary/aromatic N) is 2. The standard InChI is InChI=1S/C18H17ClFN3O2/c19-14-7-4-8-15(20)16(14)17(24)22-9-11-23(12-10-22)18(25)21-13-5-2-1-3-6-13/h1-8H,9-12H2,(H,21,25). The van der Waals surface area contributed by atoms with Crippen LogP contribution in [-0.2, 0) is 0 Å². The van der Waals surface area contributed by atoms with Gasteiger partial charge in [-0.2, -0.15) is 0 Å². The maximum absolute atomic E-state index is 13.9. The number of urea groups is 1. The largest absolute Gasteiger partial charge is 0.335 e. The second kappa shape index (κ2) is 7.53. The Bertz CT molecular complexity index is 757. The zero-order chi connectivity index (χ0) is 17.8. The Morgan fingerprint density at radius 3 is 2.20 bits per heavy atom. The molecule has 1 aliphatic heterocycles. The van der Waals surface area contributed by atoms with Crippen molar-refractivity contribution in [3.05, 3.63) is 64.9 Å². The molecule has 1 heterocycles. The van der Waals surface area contributed by atoms with Gasteiger partial charge in [-0.25, -0.2) is 9.18 Å². The summed E-state index contributed by atoms with van der Waals surface area (Å²) in [6.45, 7) is 1.39. The number of hydrogen-bond donors (Lipinski definition) is 1. The summed E-state index contributed by atoms with van der Waals surface area (Å²) < 4.78 is 13.9. The van der Waals surface area contributed by atoms with Crippen molar-refractivity contribution in [1.82, 2.24) is 9.80 Å². The molecule has 0 atom stereocenters. The number of anilines is 1. The molecule has 1 saturated heterocycles. The average molecular weight is 362 g/mol. The van der Waals surface area contributed by atoms with Crippen LogP contribution in [0.2, 0.25) is 5.02 Å². The van der Waals surface area contributed by atoms with Gasteiger partial charge in [-0.05, 0) is 24.3 Å². The van der Waals surface area contributed by atoms with Crippen LogP contribution in [0.1, 0.15) is 10.4 Å². The fourth-order valence-electron chi connectivity index (χ4n) is 2.70. The van der Waals surface area contributed by atoms with Gasteiger partial charge in [0.25, 0.3) is 5.91 Å². The van der Waals surface area contributed by atoms with Gasteiger partial charge in [0.1, 0.15) is 5.82 Å². The van der Waals surface area contributed by atoms with Crippen LogP contribution >= 0.6 is 11.6 Å². The number of hydrogen-bond acceptors (Lipinski definition) is 2. The second-order valence-electron chi connectivity index (χ2n) is 5.67. The summed E-state index contributed by atoms with van der Waals surface area (Å²) in [4.78, 5) is 27.9. The van der Waals surface area contributed by atoms with E-state index < -0.39 is 11.7 Å². The van der Waals surface area contributed by atoms with E-state index in [0.717, 1.165) is 0 Å². The topological polar surface area (TPSA) is 52.7 Å². The van der Waals surface area contributed by atoms with Crippen LogP contribution in [0.15, 0.2) is 48.5 Å². The van der Waals surface area contributed by atoms with Crippen LogP contribution in [0.3, 0.4) is 0 Å². The van der Waals surface area contributed by atoms with Crippen molar-refractivity contribution < 1.29 is 14.0 Å². The molecule has 3 amide bonds. The third-order valence-electron chi connectivity index (χ3n) is 4.06. The van der Waals surface area contributed by atoms with E-state index in [-0.39, 0.29) is 16.6 Å². The number of para-hydroxylation sites is 1. The van der Waals surface area contributed by atoms with E-state index in [1.807, 2.05) is 18.2 Å². The van der Waals surface area contributed by atoms with Crippen LogP contribution < -0.4 is 5.32 Å². The molecule has 2 aromatic carbocycles. The molecule has 1 aliphatic rings. The Hall–Kier alpha value is -2.60. The highest BCUT2D eigenvalue weighted by Crippen LogP contribution is 2.21. The van der Waals surface area contributed by atoms with E-state index in [4.69, 9.17) is 11.6 Å². The summed E-state index contributed by atoms with van der Waals surface area (Å²) in [7, 11) is 0. The lowest BCUT2D eigenvalue weighted by Gasteiger charge is -2.34. The molecular weight excluding hydrogens is 345 g/mol. The quantitative estimate of drug-likeness (QED) is 0.890. The lowest BCUT2D eigenvalue weighted by atomic mass is 10.1. The van der Waals surface area contributed by atoms with E-state index in [1.54, 1.807) is 17.0 Å². The number of benzene rings is 2. The number of carbonyl (C=O) groups is 2. The van der Waals surface area contributed by atoms with Crippen molar-refractivity contribution in [2.45, 2.75) is 0 Å². The first-order valence-corrected chi connectivity index (χ1v) is 8.28. The monoisotopic (exact) mass is 361 g/mol. The molecule has 1 N–H and O–H groups in total. The number of amides is 3. The first kappa shape index (κ1) is 17.2. The number of nitrogens with one attached hydrogen (secondary N) is 1. The van der Waals surface area contributed by atoms with Crippen molar-refractivity contribution in [3.63, 3.8) is 0 Å². The molecule has 0 aromatic heterocycles. The zero-order valence-electron chi connectivity index (χ0n) is 13.4. The van der Waals surface area contributed by atoms with Gasteiger partial charge in [-0.1, -0.05) is 35.9 Å². The highest BCUT2D eigenvalue weighted by atomic mass is 35.5. The van der Waals surface area contributed by atoms with Crippen LogP contribution in [0.4, 0.5) is 14.9 Å². The summed E-state index contributed by atoms with van der Waals surface area (Å²) in [6.07, 6.45) is 0. The Balaban J connectivity index is 1.60. The van der Waals surface area contributed by atoms with Crippen molar-refractivity contribution in [2.75, 3.05) is 31.5 Å². The zero-order valence-corrected chi connectivity index (χ0v) is 14.2. The molecule has 1 fully saturated rings. The van der Waals surface area contributed by atoms with E-state index in [1.165, 1.54) is 23.1 Å². The molecule has 0 aliphatic carbocycles. The van der Waals surface area contributed by atoms with Gasteiger partial charge in [0.05, 0.1) is 10.6 Å². The van der Waals surface area contributed by atoms with Crippen LogP contribution in [-0.4, -0.2) is 47.9 Å². The summed E-state index contributed by atoms with van der Waals surface area (Å²) >= 11 is 5.95. The number of rotatable bonds is 2. The molecule has 7 heteroatoms. The molecule has 2 aromatic rings. The Morgan fingerprint density at radius 1 is 0.920 bits per heavy atom. The first-order valence-electron chi connectivity index (χ1n) is 7.90. The number of piperazine rings is 1. The molecule has 25 heavy (non-hydrogen) atoms. The van der Waals surface area contributed by atoms with Gasteiger partial charge in [-0.15, -0.1) is 0 Å². The number of halogens is 2. The molecular formula is C18H17ClFN3O2. The minimum Gasteiger partial charge on any atom is -0.335 e. The van der Waals surface area contributed by atoms with E-state index in [0.29, 0.717) is 31.9 Å². The molecule has 0 saturated carbocycles. The minimum atomic E-state index is -0.637. The van der Waals surface area contributed by atoms with Crippen molar-refractivity contribution in [2.24, 2.45) is 0 Å². The van der Waals surface area contributed by atoms with Gasteiger partial charge in [0.2, 0.25) is 0 Å². The fraction of sp³-hybridized carbons (Fsp3) is 0.222. The summed E-state index contributed by atoms with van der Waals surface area (Å²) in [5.41, 5.74) is 0.593. The van der Waals surface area contributed by atoms with E-state index in [2.05, 4.69) is 5.32 Å². The van der Waals surface area contributed by atoms with Crippen molar-refractivity contribution in [3.8, 4) is 0 Å². The van der Waals surface area contributed by atoms with Crippen LogP contribution in [0.5, 0.6) is 0 Å². The third kappa shape index (κ3) is 3.91. The molecule has 3 rings (SSSR count). The first-order chi connectivity index (χ1) is 12.1. The Kier molecular flexibility index (Phi) is 5.19. The maximum atomic E-state index is 13.9. The highest BCUT2D eigenvalue weighted by Gasteiger charge is 2.27. The Labute approximate surface area is 150 Å². The van der Waals surface area contributed by atoms with Gasteiger partial charge >= 0.3 is 6.03 Å². The SMILES string of the molecule is O=C(Nc1ccccc1)N1CCN(C(=O)c2c(F)cccc2Cl)CC1. The lowest BCUT2D eigenvalue weighted by Crippen LogP contribution is -2.51. The molecule has 0 unspecified atom stereocenters. The minimum absolute atomic E-state index is 0.0919. The molecule has 0 spiro atoms. The molecule has 130 valence electrons. The van der Waals surface area contributed by atoms with Gasteiger partial charge in [0, 0.05) is 31.9 Å². The lowest BCUT2D eigenvalue weighted by molar-refractivity contribution is 0.0667. The van der Waals surface area contributed by atoms with Crippen molar-refractivity contribution in [1.29, 1.82) is 0 Å². The van der Waals surface area contributed by atoms with Crippen LogP contribution in [0, 0.1) is 5.82 Å².